The number of benzene rings is 1. The second kappa shape index (κ2) is 8.82. The predicted octanol–water partition coefficient (Wildman–Crippen LogP) is 4.81. The van der Waals surface area contributed by atoms with Gasteiger partial charge in [0.2, 0.25) is 0 Å². The third-order valence-corrected chi connectivity index (χ3v) is 3.82. The summed E-state index contributed by atoms with van der Waals surface area (Å²) in [6.45, 7) is 10.8. The van der Waals surface area contributed by atoms with E-state index in [0.29, 0.717) is 0 Å². The van der Waals surface area contributed by atoms with Crippen molar-refractivity contribution >= 4 is 10.8 Å². The van der Waals surface area contributed by atoms with Crippen molar-refractivity contribution in [2.75, 3.05) is 0 Å². The molecule has 0 saturated heterocycles. The first-order valence-corrected chi connectivity index (χ1v) is 8.38. The van der Waals surface area contributed by atoms with Crippen LogP contribution in [0.4, 0.5) is 0 Å². The second-order valence-corrected chi connectivity index (χ2v) is 5.40. The van der Waals surface area contributed by atoms with E-state index in [9.17, 15) is 0 Å². The van der Waals surface area contributed by atoms with Crippen LogP contribution in [-0.4, -0.2) is 9.97 Å². The molecule has 0 spiro atoms. The Hall–Kier alpha value is -2.68. The lowest BCUT2D eigenvalue weighted by Crippen LogP contribution is -2.20. The first-order chi connectivity index (χ1) is 11.7. The van der Waals surface area contributed by atoms with Crippen LogP contribution in [0, 0.1) is 6.92 Å². The van der Waals surface area contributed by atoms with Crippen LogP contribution in [0.1, 0.15) is 30.7 Å². The Kier molecular flexibility index (Phi) is 6.50. The average Bonchev–Trinajstić information content (AvgIpc) is 2.64. The number of aryl methyl sites for hydroxylation is 1. The highest BCUT2D eigenvalue weighted by Gasteiger charge is 2.08. The van der Waals surface area contributed by atoms with Gasteiger partial charge >= 0.3 is 0 Å². The molecule has 1 aliphatic rings. The minimum absolute atomic E-state index is 0.939. The summed E-state index contributed by atoms with van der Waals surface area (Å²) < 4.78 is 0. The van der Waals surface area contributed by atoms with Gasteiger partial charge in [0.15, 0.2) is 0 Å². The zero-order valence-electron chi connectivity index (χ0n) is 14.7. The molecule has 0 aliphatic carbocycles. The number of allylic oxidation sites excluding steroid dienone is 1. The second-order valence-electron chi connectivity index (χ2n) is 5.40. The lowest BCUT2D eigenvalue weighted by molar-refractivity contribution is 0.738. The molecule has 0 unspecified atom stereocenters. The highest BCUT2D eigenvalue weighted by molar-refractivity contribution is 5.82. The number of aromatic nitrogens is 2. The first kappa shape index (κ1) is 17.7. The van der Waals surface area contributed by atoms with E-state index in [2.05, 4.69) is 46.1 Å². The third kappa shape index (κ3) is 4.42. The summed E-state index contributed by atoms with van der Waals surface area (Å²) in [6.07, 6.45) is 6.43. The molecule has 3 heterocycles. The summed E-state index contributed by atoms with van der Waals surface area (Å²) in [5.41, 5.74) is 5.00. The van der Waals surface area contributed by atoms with Crippen molar-refractivity contribution in [1.82, 2.24) is 15.3 Å². The van der Waals surface area contributed by atoms with Gasteiger partial charge in [-0.05, 0) is 30.2 Å². The van der Waals surface area contributed by atoms with Crippen molar-refractivity contribution in [2.45, 2.75) is 33.7 Å². The van der Waals surface area contributed by atoms with E-state index < -0.39 is 0 Å². The highest BCUT2D eigenvalue weighted by Crippen LogP contribution is 2.16. The molecule has 3 heteroatoms. The first-order valence-electron chi connectivity index (χ1n) is 8.38. The normalized spacial score (nSPS) is 12.0. The van der Waals surface area contributed by atoms with Crippen molar-refractivity contribution in [3.63, 3.8) is 0 Å². The monoisotopic (exact) mass is 319 g/mol. The Bertz CT molecular complexity index is 804. The van der Waals surface area contributed by atoms with E-state index in [1.54, 1.807) is 12.4 Å². The molecular weight excluding hydrogens is 294 g/mol. The molecule has 3 nitrogen and oxygen atoms in total. The maximum absolute atomic E-state index is 4.18. The Balaban J connectivity index is 0.000000158. The van der Waals surface area contributed by atoms with Crippen LogP contribution in [0.3, 0.4) is 0 Å². The number of nitrogens with zero attached hydrogens (tertiary/aromatic N) is 2. The van der Waals surface area contributed by atoms with E-state index >= 15 is 0 Å². The number of pyridine rings is 2. The van der Waals surface area contributed by atoms with Crippen LogP contribution in [0.2, 0.25) is 0 Å². The topological polar surface area (TPSA) is 37.8 Å². The van der Waals surface area contributed by atoms with E-state index in [4.69, 9.17) is 0 Å². The van der Waals surface area contributed by atoms with E-state index in [1.807, 2.05) is 39.1 Å². The quantitative estimate of drug-likeness (QED) is 0.646. The lowest BCUT2D eigenvalue weighted by atomic mass is 10.00. The van der Waals surface area contributed by atoms with E-state index in [0.717, 1.165) is 29.7 Å². The molecule has 0 radical (unpaired) electrons. The Morgan fingerprint density at radius 3 is 2.50 bits per heavy atom. The molecule has 4 rings (SSSR count). The Morgan fingerprint density at radius 1 is 1.00 bits per heavy atom. The van der Waals surface area contributed by atoms with Crippen molar-refractivity contribution in [1.29, 1.82) is 0 Å². The zero-order valence-corrected chi connectivity index (χ0v) is 14.7. The summed E-state index contributed by atoms with van der Waals surface area (Å²) >= 11 is 0. The fourth-order valence-electron chi connectivity index (χ4n) is 2.58. The molecule has 3 aromatic rings. The smallest absolute Gasteiger partial charge is 0.0452 e. The average molecular weight is 319 g/mol. The van der Waals surface area contributed by atoms with Crippen molar-refractivity contribution in [3.05, 3.63) is 84.1 Å². The van der Waals surface area contributed by atoms with Gasteiger partial charge in [-0.25, -0.2) is 0 Å². The number of hydrogen-bond acceptors (Lipinski definition) is 3. The molecular formula is C21H25N3. The SMILES string of the molecule is C=C1Cc2ccccc2CN1.CC.Cc1nccc2cnccc12. The minimum atomic E-state index is 0.939. The van der Waals surface area contributed by atoms with Gasteiger partial charge in [-0.2, -0.15) is 0 Å². The molecule has 0 bridgehead atoms. The highest BCUT2D eigenvalue weighted by atomic mass is 14.9. The maximum Gasteiger partial charge on any atom is 0.0452 e. The molecule has 1 aliphatic heterocycles. The van der Waals surface area contributed by atoms with Crippen LogP contribution < -0.4 is 5.32 Å². The zero-order chi connectivity index (χ0) is 17.4. The van der Waals surface area contributed by atoms with Crippen LogP contribution >= 0.6 is 0 Å². The summed E-state index contributed by atoms with van der Waals surface area (Å²) in [6, 6.07) is 12.4. The van der Waals surface area contributed by atoms with Gasteiger partial charge in [0.1, 0.15) is 0 Å². The molecule has 1 aromatic carbocycles. The van der Waals surface area contributed by atoms with Gasteiger partial charge in [0, 0.05) is 53.7 Å². The molecule has 24 heavy (non-hydrogen) atoms. The van der Waals surface area contributed by atoms with Crippen LogP contribution in [0.15, 0.2) is 67.3 Å². The fraction of sp³-hybridized carbons (Fsp3) is 0.238. The molecule has 0 saturated carbocycles. The lowest BCUT2D eigenvalue weighted by Gasteiger charge is -2.19. The molecule has 0 atom stereocenters. The van der Waals surface area contributed by atoms with Crippen LogP contribution in [0.25, 0.3) is 10.8 Å². The molecule has 2 aromatic heterocycles. The van der Waals surface area contributed by atoms with Gasteiger partial charge in [-0.15, -0.1) is 0 Å². The summed E-state index contributed by atoms with van der Waals surface area (Å²) in [5, 5.41) is 5.58. The Labute approximate surface area is 144 Å². The van der Waals surface area contributed by atoms with Gasteiger partial charge in [-0.3, -0.25) is 9.97 Å². The minimum Gasteiger partial charge on any atom is -0.384 e. The summed E-state index contributed by atoms with van der Waals surface area (Å²) in [5.74, 6) is 0. The number of nitrogens with one attached hydrogen (secondary N) is 1. The molecule has 124 valence electrons. The summed E-state index contributed by atoms with van der Waals surface area (Å²) in [4.78, 5) is 8.21. The summed E-state index contributed by atoms with van der Waals surface area (Å²) in [7, 11) is 0. The van der Waals surface area contributed by atoms with Crippen LogP contribution in [-0.2, 0) is 13.0 Å². The van der Waals surface area contributed by atoms with E-state index in [1.165, 1.54) is 16.5 Å². The predicted molar refractivity (Wildman–Crippen MR) is 102 cm³/mol. The number of fused-ring (bicyclic) bond motifs is 2. The molecule has 0 amide bonds. The number of rotatable bonds is 0. The standard InChI is InChI=1S/C10H11N.C9H8N2.C2H6/c1-8-6-9-4-2-3-5-10(9)7-11-8;1-7-9-3-4-10-6-8(9)2-5-11-7;1-2/h2-5,11H,1,6-7H2;2-6H,1H3;1-2H3. The molecule has 1 N–H and O–H groups in total. The van der Waals surface area contributed by atoms with Gasteiger partial charge < -0.3 is 5.32 Å². The van der Waals surface area contributed by atoms with Gasteiger partial charge in [-0.1, -0.05) is 44.7 Å². The van der Waals surface area contributed by atoms with Crippen molar-refractivity contribution in [3.8, 4) is 0 Å². The Morgan fingerprint density at radius 2 is 1.75 bits per heavy atom. The third-order valence-electron chi connectivity index (χ3n) is 3.82. The van der Waals surface area contributed by atoms with Crippen molar-refractivity contribution < 1.29 is 0 Å². The van der Waals surface area contributed by atoms with Gasteiger partial charge in [0.05, 0.1) is 0 Å². The number of hydrogen-bond donors (Lipinski definition) is 1. The largest absolute Gasteiger partial charge is 0.384 e. The van der Waals surface area contributed by atoms with Crippen LogP contribution in [0.5, 0.6) is 0 Å². The van der Waals surface area contributed by atoms with Crippen molar-refractivity contribution in [2.24, 2.45) is 0 Å². The van der Waals surface area contributed by atoms with E-state index in [-0.39, 0.29) is 0 Å². The maximum atomic E-state index is 4.18. The molecule has 0 fully saturated rings. The fourth-order valence-corrected chi connectivity index (χ4v) is 2.58. The van der Waals surface area contributed by atoms with Gasteiger partial charge in [0.25, 0.3) is 0 Å².